The number of halogens is 2. The molecule has 0 heterocycles. The highest BCUT2D eigenvalue weighted by molar-refractivity contribution is 7.92. The van der Waals surface area contributed by atoms with Gasteiger partial charge in [0.15, 0.2) is 0 Å². The van der Waals surface area contributed by atoms with E-state index < -0.39 is 28.5 Å². The molecule has 0 spiro atoms. The molecule has 1 N–H and O–H groups in total. The number of benzene rings is 3. The fourth-order valence-corrected chi connectivity index (χ4v) is 5.90. The molecule has 38 heavy (non-hydrogen) atoms. The number of nitrogens with one attached hydrogen (secondary N) is 1. The molecule has 7 nitrogen and oxygen atoms in total. The molecular formula is C28H31Cl2N3O4S. The number of hydrogen-bond acceptors (Lipinski definition) is 4. The van der Waals surface area contributed by atoms with Crippen LogP contribution in [0.15, 0.2) is 83.8 Å². The molecule has 0 bridgehead atoms. The van der Waals surface area contributed by atoms with Gasteiger partial charge in [0.2, 0.25) is 11.8 Å². The topological polar surface area (TPSA) is 86.8 Å². The van der Waals surface area contributed by atoms with Crippen molar-refractivity contribution in [2.75, 3.05) is 23.9 Å². The van der Waals surface area contributed by atoms with Crippen LogP contribution in [0, 0.1) is 0 Å². The van der Waals surface area contributed by atoms with Crippen molar-refractivity contribution in [3.05, 3.63) is 94.5 Å². The summed E-state index contributed by atoms with van der Waals surface area (Å²) in [4.78, 5) is 28.1. The van der Waals surface area contributed by atoms with Gasteiger partial charge in [-0.2, -0.15) is 0 Å². The Balaban J connectivity index is 1.98. The minimum Gasteiger partial charge on any atom is -0.354 e. The van der Waals surface area contributed by atoms with Gasteiger partial charge in [0.05, 0.1) is 15.6 Å². The van der Waals surface area contributed by atoms with Gasteiger partial charge < -0.3 is 10.2 Å². The van der Waals surface area contributed by atoms with E-state index in [2.05, 4.69) is 5.32 Å². The minimum absolute atomic E-state index is 0.00314. The lowest BCUT2D eigenvalue weighted by Gasteiger charge is -2.32. The van der Waals surface area contributed by atoms with Gasteiger partial charge in [0.1, 0.15) is 12.6 Å². The third-order valence-corrected chi connectivity index (χ3v) is 8.30. The Morgan fingerprint density at radius 2 is 1.58 bits per heavy atom. The molecule has 2 amide bonds. The van der Waals surface area contributed by atoms with Gasteiger partial charge >= 0.3 is 0 Å². The zero-order valence-electron chi connectivity index (χ0n) is 21.3. The highest BCUT2D eigenvalue weighted by Crippen LogP contribution is 2.32. The van der Waals surface area contributed by atoms with Crippen LogP contribution in [0.1, 0.15) is 25.8 Å². The second kappa shape index (κ2) is 13.6. The molecule has 3 rings (SSSR count). The zero-order chi connectivity index (χ0) is 27.7. The third kappa shape index (κ3) is 7.49. The van der Waals surface area contributed by atoms with Crippen molar-refractivity contribution in [2.24, 2.45) is 0 Å². The van der Waals surface area contributed by atoms with E-state index in [9.17, 15) is 18.0 Å². The summed E-state index contributed by atoms with van der Waals surface area (Å²) in [5.74, 6) is -0.846. The maximum Gasteiger partial charge on any atom is 0.264 e. The molecule has 0 fully saturated rings. The molecule has 10 heteroatoms. The summed E-state index contributed by atoms with van der Waals surface area (Å²) in [5, 5.41) is 3.23. The summed E-state index contributed by atoms with van der Waals surface area (Å²) < 4.78 is 28.4. The van der Waals surface area contributed by atoms with Crippen molar-refractivity contribution >= 4 is 50.7 Å². The molecule has 0 aliphatic heterocycles. The maximum absolute atomic E-state index is 13.8. The third-order valence-electron chi connectivity index (χ3n) is 5.99. The minimum atomic E-state index is -4.19. The summed E-state index contributed by atoms with van der Waals surface area (Å²) >= 11 is 12.5. The number of carbonyl (C=O) groups excluding carboxylic acids is 2. The van der Waals surface area contributed by atoms with E-state index in [-0.39, 0.29) is 28.1 Å². The first-order chi connectivity index (χ1) is 18.1. The number of amides is 2. The van der Waals surface area contributed by atoms with E-state index in [0.717, 1.165) is 16.3 Å². The van der Waals surface area contributed by atoms with Crippen molar-refractivity contribution in [3.63, 3.8) is 0 Å². The van der Waals surface area contributed by atoms with E-state index in [4.69, 9.17) is 23.2 Å². The van der Waals surface area contributed by atoms with Crippen LogP contribution in [-0.2, 0) is 26.0 Å². The molecule has 3 aromatic rings. The van der Waals surface area contributed by atoms with E-state index in [1.165, 1.54) is 35.2 Å². The highest BCUT2D eigenvalue weighted by Gasteiger charge is 2.33. The van der Waals surface area contributed by atoms with Crippen LogP contribution in [0.2, 0.25) is 10.0 Å². The second-order valence-corrected chi connectivity index (χ2v) is 11.4. The zero-order valence-corrected chi connectivity index (χ0v) is 23.6. The van der Waals surface area contributed by atoms with Crippen LogP contribution in [0.5, 0.6) is 0 Å². The van der Waals surface area contributed by atoms with E-state index >= 15 is 0 Å². The Bertz CT molecular complexity index is 1340. The predicted octanol–water partition coefficient (Wildman–Crippen LogP) is 5.17. The summed E-state index contributed by atoms with van der Waals surface area (Å²) in [6, 6.07) is 20.9. The lowest BCUT2D eigenvalue weighted by Crippen LogP contribution is -2.52. The van der Waals surface area contributed by atoms with Crippen LogP contribution >= 0.6 is 23.2 Å². The molecule has 0 saturated carbocycles. The quantitative estimate of drug-likeness (QED) is 0.322. The summed E-state index contributed by atoms with van der Waals surface area (Å²) in [6.45, 7) is 3.71. The Hall–Kier alpha value is -3.07. The number of carbonyl (C=O) groups is 2. The van der Waals surface area contributed by atoms with Crippen molar-refractivity contribution in [3.8, 4) is 0 Å². The SMILES string of the molecule is CCCNC(=O)[C@@H](C)N(CCc1ccccc1)C(=O)CN(c1ccc(Cl)cc1Cl)S(=O)(=O)c1ccccc1. The molecule has 0 aliphatic carbocycles. The van der Waals surface area contributed by atoms with E-state index in [0.29, 0.717) is 18.0 Å². The molecule has 0 radical (unpaired) electrons. The molecular weight excluding hydrogens is 545 g/mol. The molecule has 0 unspecified atom stereocenters. The Kier molecular flexibility index (Phi) is 10.6. The largest absolute Gasteiger partial charge is 0.354 e. The average molecular weight is 577 g/mol. The van der Waals surface area contributed by atoms with Crippen LogP contribution in [-0.4, -0.2) is 50.8 Å². The molecule has 1 atom stereocenters. The fraction of sp³-hybridized carbons (Fsp3) is 0.286. The molecule has 0 saturated heterocycles. The van der Waals surface area contributed by atoms with E-state index in [1.54, 1.807) is 25.1 Å². The van der Waals surface area contributed by atoms with Crippen molar-refractivity contribution < 1.29 is 18.0 Å². The Morgan fingerprint density at radius 1 is 0.947 bits per heavy atom. The first-order valence-corrected chi connectivity index (χ1v) is 14.5. The Labute approximate surface area is 234 Å². The fourth-order valence-electron chi connectivity index (χ4n) is 3.88. The van der Waals surface area contributed by atoms with Gasteiger partial charge in [-0.25, -0.2) is 8.42 Å². The lowest BCUT2D eigenvalue weighted by molar-refractivity contribution is -0.138. The van der Waals surface area contributed by atoms with Gasteiger partial charge in [0.25, 0.3) is 10.0 Å². The number of hydrogen-bond donors (Lipinski definition) is 1. The number of nitrogens with zero attached hydrogens (tertiary/aromatic N) is 2. The highest BCUT2D eigenvalue weighted by atomic mass is 35.5. The van der Waals surface area contributed by atoms with Crippen LogP contribution in [0.3, 0.4) is 0 Å². The van der Waals surface area contributed by atoms with Gasteiger partial charge in [-0.1, -0.05) is 78.7 Å². The monoisotopic (exact) mass is 575 g/mol. The molecule has 3 aromatic carbocycles. The lowest BCUT2D eigenvalue weighted by atomic mass is 10.1. The number of rotatable bonds is 12. The molecule has 0 aliphatic rings. The summed E-state index contributed by atoms with van der Waals surface area (Å²) in [5.41, 5.74) is 1.10. The smallest absolute Gasteiger partial charge is 0.264 e. The van der Waals surface area contributed by atoms with Crippen molar-refractivity contribution in [2.45, 2.75) is 37.6 Å². The first-order valence-electron chi connectivity index (χ1n) is 12.3. The van der Waals surface area contributed by atoms with Gasteiger partial charge in [-0.15, -0.1) is 0 Å². The summed E-state index contributed by atoms with van der Waals surface area (Å²) in [7, 11) is -4.19. The standard InChI is InChI=1S/C28H31Cl2N3O4S/c1-3-17-31-28(35)21(2)32(18-16-22-10-6-4-7-11-22)27(34)20-33(26-15-14-23(29)19-25(26)30)38(36,37)24-12-8-5-9-13-24/h4-15,19,21H,3,16-18,20H2,1-2H3,(H,31,35)/t21-/m1/s1. The maximum atomic E-state index is 13.8. The van der Waals surface area contributed by atoms with E-state index in [1.807, 2.05) is 37.3 Å². The van der Waals surface area contributed by atoms with Gasteiger partial charge in [-0.3, -0.25) is 13.9 Å². The average Bonchev–Trinajstić information content (AvgIpc) is 2.91. The van der Waals surface area contributed by atoms with Crippen molar-refractivity contribution in [1.82, 2.24) is 10.2 Å². The molecule has 202 valence electrons. The second-order valence-electron chi connectivity index (χ2n) is 8.71. The summed E-state index contributed by atoms with van der Waals surface area (Å²) in [6.07, 6.45) is 1.24. The molecule has 0 aromatic heterocycles. The van der Waals surface area contributed by atoms with Crippen LogP contribution < -0.4 is 9.62 Å². The predicted molar refractivity (Wildman–Crippen MR) is 152 cm³/mol. The number of sulfonamides is 1. The van der Waals surface area contributed by atoms with Crippen LogP contribution in [0.25, 0.3) is 0 Å². The van der Waals surface area contributed by atoms with Crippen LogP contribution in [0.4, 0.5) is 5.69 Å². The number of anilines is 1. The van der Waals surface area contributed by atoms with Gasteiger partial charge in [-0.05, 0) is 55.7 Å². The Morgan fingerprint density at radius 3 is 2.18 bits per heavy atom. The normalized spacial score (nSPS) is 12.0. The first kappa shape index (κ1) is 29.5. The van der Waals surface area contributed by atoms with Crippen molar-refractivity contribution in [1.29, 1.82) is 0 Å². The van der Waals surface area contributed by atoms with Gasteiger partial charge in [0, 0.05) is 18.1 Å².